The zero-order chi connectivity index (χ0) is 17.1. The van der Waals surface area contributed by atoms with Crippen molar-refractivity contribution >= 4 is 17.3 Å². The minimum absolute atomic E-state index is 0.711. The van der Waals surface area contributed by atoms with Crippen molar-refractivity contribution < 1.29 is 4.74 Å². The van der Waals surface area contributed by atoms with Crippen molar-refractivity contribution in [2.75, 3.05) is 36.5 Å². The molecule has 128 valence electrons. The predicted octanol–water partition coefficient (Wildman–Crippen LogP) is 1.95. The molecule has 0 spiro atoms. The summed E-state index contributed by atoms with van der Waals surface area (Å²) in [6.07, 6.45) is 6.79. The van der Waals surface area contributed by atoms with E-state index in [9.17, 15) is 0 Å². The van der Waals surface area contributed by atoms with Gasteiger partial charge in [-0.2, -0.15) is 0 Å². The third-order valence-corrected chi connectivity index (χ3v) is 4.09. The molecule has 1 N–H and O–H groups in total. The maximum absolute atomic E-state index is 5.39. The molecule has 0 saturated carbocycles. The fourth-order valence-electron chi connectivity index (χ4n) is 2.74. The van der Waals surface area contributed by atoms with Gasteiger partial charge >= 0.3 is 0 Å². The molecule has 1 aliphatic rings. The van der Waals surface area contributed by atoms with Gasteiger partial charge in [0.15, 0.2) is 0 Å². The first-order valence-corrected chi connectivity index (χ1v) is 8.17. The van der Waals surface area contributed by atoms with Crippen molar-refractivity contribution in [3.63, 3.8) is 0 Å². The molecule has 0 aliphatic carbocycles. The lowest BCUT2D eigenvalue weighted by molar-refractivity contribution is 0.122. The Kier molecular flexibility index (Phi) is 4.26. The monoisotopic (exact) mass is 337 g/mol. The van der Waals surface area contributed by atoms with Crippen LogP contribution in [-0.2, 0) is 4.74 Å². The molecule has 0 amide bonds. The van der Waals surface area contributed by atoms with Gasteiger partial charge in [0.25, 0.3) is 0 Å². The number of morpholine rings is 1. The molecule has 1 fully saturated rings. The van der Waals surface area contributed by atoms with Crippen LogP contribution in [-0.4, -0.2) is 50.8 Å². The molecule has 8 heteroatoms. The minimum Gasteiger partial charge on any atom is -0.378 e. The summed E-state index contributed by atoms with van der Waals surface area (Å²) >= 11 is 0. The molecule has 25 heavy (non-hydrogen) atoms. The van der Waals surface area contributed by atoms with Gasteiger partial charge < -0.3 is 15.0 Å². The second-order valence-electron chi connectivity index (χ2n) is 5.76. The van der Waals surface area contributed by atoms with E-state index in [1.165, 1.54) is 6.33 Å². The summed E-state index contributed by atoms with van der Waals surface area (Å²) in [7, 11) is 0. The normalized spacial score (nSPS) is 14.5. The Labute approximate surface area is 145 Å². The number of rotatable bonds is 4. The Balaban J connectivity index is 1.54. The third-order valence-electron chi connectivity index (χ3n) is 4.09. The van der Waals surface area contributed by atoms with Crippen LogP contribution in [0.5, 0.6) is 0 Å². The number of hydrogen-bond acceptors (Lipinski definition) is 7. The average Bonchev–Trinajstić information content (AvgIpc) is 3.19. The summed E-state index contributed by atoms with van der Waals surface area (Å²) in [5.41, 5.74) is 1.85. The summed E-state index contributed by atoms with van der Waals surface area (Å²) in [5.74, 6) is 2.45. The standard InChI is InChI=1S/C17H19N7O/c1-13-14(2-3-16(21-13)23-6-8-25-9-7-23)22-15-10-17(20-11-19-15)24-5-4-18-12-24/h2-5,10-12H,6-9H2,1H3,(H,19,20,22). The highest BCUT2D eigenvalue weighted by molar-refractivity contribution is 5.61. The van der Waals surface area contributed by atoms with Gasteiger partial charge in [0, 0.05) is 31.5 Å². The number of imidazole rings is 1. The molecule has 8 nitrogen and oxygen atoms in total. The van der Waals surface area contributed by atoms with Crippen molar-refractivity contribution in [1.29, 1.82) is 0 Å². The Bertz CT molecular complexity index is 844. The van der Waals surface area contributed by atoms with E-state index in [4.69, 9.17) is 9.72 Å². The molecule has 0 atom stereocenters. The molecule has 0 bridgehead atoms. The van der Waals surface area contributed by atoms with E-state index in [0.29, 0.717) is 5.82 Å². The van der Waals surface area contributed by atoms with Gasteiger partial charge in [-0.1, -0.05) is 0 Å². The SMILES string of the molecule is Cc1nc(N2CCOCC2)ccc1Nc1cc(-n2ccnc2)ncn1. The summed E-state index contributed by atoms with van der Waals surface area (Å²) in [6, 6.07) is 5.93. The lowest BCUT2D eigenvalue weighted by atomic mass is 10.3. The van der Waals surface area contributed by atoms with Crippen molar-refractivity contribution in [2.24, 2.45) is 0 Å². The quantitative estimate of drug-likeness (QED) is 0.779. The molecule has 4 rings (SSSR count). The zero-order valence-corrected chi connectivity index (χ0v) is 14.0. The minimum atomic E-state index is 0.711. The van der Waals surface area contributed by atoms with Crippen molar-refractivity contribution in [2.45, 2.75) is 6.92 Å². The topological polar surface area (TPSA) is 81.0 Å². The van der Waals surface area contributed by atoms with E-state index in [-0.39, 0.29) is 0 Å². The van der Waals surface area contributed by atoms with E-state index >= 15 is 0 Å². The van der Waals surface area contributed by atoms with Crippen LogP contribution < -0.4 is 10.2 Å². The Hall–Kier alpha value is -3.00. The van der Waals surface area contributed by atoms with Gasteiger partial charge in [-0.15, -0.1) is 0 Å². The van der Waals surface area contributed by atoms with Crippen LogP contribution in [0.2, 0.25) is 0 Å². The van der Waals surface area contributed by atoms with E-state index in [0.717, 1.165) is 49.3 Å². The highest BCUT2D eigenvalue weighted by atomic mass is 16.5. The number of pyridine rings is 1. The van der Waals surface area contributed by atoms with Crippen LogP contribution in [0.25, 0.3) is 5.82 Å². The van der Waals surface area contributed by atoms with E-state index < -0.39 is 0 Å². The first kappa shape index (κ1) is 15.5. The molecular weight excluding hydrogens is 318 g/mol. The lowest BCUT2D eigenvalue weighted by Crippen LogP contribution is -2.36. The van der Waals surface area contributed by atoms with Gasteiger partial charge in [-0.3, -0.25) is 4.57 Å². The largest absolute Gasteiger partial charge is 0.378 e. The third kappa shape index (κ3) is 3.43. The summed E-state index contributed by atoms with van der Waals surface area (Å²) in [4.78, 5) is 19.5. The van der Waals surface area contributed by atoms with Crippen molar-refractivity contribution in [3.8, 4) is 5.82 Å². The molecule has 3 aromatic heterocycles. The molecular formula is C17H19N7O. The Morgan fingerprint density at radius 3 is 2.76 bits per heavy atom. The molecule has 1 saturated heterocycles. The maximum atomic E-state index is 5.39. The number of aromatic nitrogens is 5. The smallest absolute Gasteiger partial charge is 0.143 e. The van der Waals surface area contributed by atoms with Crippen LogP contribution in [0.3, 0.4) is 0 Å². The summed E-state index contributed by atoms with van der Waals surface area (Å²) < 4.78 is 7.23. The fourth-order valence-corrected chi connectivity index (χ4v) is 2.74. The second-order valence-corrected chi connectivity index (χ2v) is 5.76. The lowest BCUT2D eigenvalue weighted by Gasteiger charge is -2.28. The maximum Gasteiger partial charge on any atom is 0.143 e. The van der Waals surface area contributed by atoms with Gasteiger partial charge in [0.1, 0.15) is 30.1 Å². The number of ether oxygens (including phenoxy) is 1. The molecule has 0 unspecified atom stereocenters. The van der Waals surface area contributed by atoms with Crippen molar-refractivity contribution in [1.82, 2.24) is 24.5 Å². The van der Waals surface area contributed by atoms with Crippen LogP contribution in [0.4, 0.5) is 17.3 Å². The summed E-state index contributed by atoms with van der Waals surface area (Å²) in [5, 5.41) is 3.31. The highest BCUT2D eigenvalue weighted by Gasteiger charge is 2.13. The molecule has 0 aromatic carbocycles. The van der Waals surface area contributed by atoms with E-state index in [1.54, 1.807) is 12.5 Å². The Morgan fingerprint density at radius 2 is 2.00 bits per heavy atom. The van der Waals surface area contributed by atoms with Crippen LogP contribution in [0.1, 0.15) is 5.69 Å². The highest BCUT2D eigenvalue weighted by Crippen LogP contribution is 2.22. The van der Waals surface area contributed by atoms with Gasteiger partial charge in [0.2, 0.25) is 0 Å². The van der Waals surface area contributed by atoms with Crippen LogP contribution >= 0.6 is 0 Å². The van der Waals surface area contributed by atoms with E-state index in [2.05, 4.69) is 25.2 Å². The van der Waals surface area contributed by atoms with Gasteiger partial charge in [-0.05, 0) is 19.1 Å². The molecule has 4 heterocycles. The fraction of sp³-hybridized carbons (Fsp3) is 0.294. The number of anilines is 3. The average molecular weight is 337 g/mol. The van der Waals surface area contributed by atoms with E-state index in [1.807, 2.05) is 35.9 Å². The van der Waals surface area contributed by atoms with Gasteiger partial charge in [-0.25, -0.2) is 19.9 Å². The Morgan fingerprint density at radius 1 is 1.12 bits per heavy atom. The summed E-state index contributed by atoms with van der Waals surface area (Å²) in [6.45, 7) is 5.24. The number of hydrogen-bond donors (Lipinski definition) is 1. The van der Waals surface area contributed by atoms with Crippen LogP contribution in [0, 0.1) is 6.92 Å². The molecule has 3 aromatic rings. The first-order valence-electron chi connectivity index (χ1n) is 8.17. The number of aryl methyl sites for hydroxylation is 1. The number of nitrogens with zero attached hydrogens (tertiary/aromatic N) is 6. The van der Waals surface area contributed by atoms with Gasteiger partial charge in [0.05, 0.1) is 24.6 Å². The zero-order valence-electron chi connectivity index (χ0n) is 14.0. The number of nitrogens with one attached hydrogen (secondary N) is 1. The molecule has 0 radical (unpaired) electrons. The van der Waals surface area contributed by atoms with Crippen molar-refractivity contribution in [3.05, 3.63) is 48.9 Å². The second kappa shape index (κ2) is 6.86. The first-order chi connectivity index (χ1) is 12.3. The molecule has 1 aliphatic heterocycles. The predicted molar refractivity (Wildman–Crippen MR) is 94.4 cm³/mol. The van der Waals surface area contributed by atoms with Crippen LogP contribution in [0.15, 0.2) is 43.2 Å².